The van der Waals surface area contributed by atoms with E-state index in [0.717, 1.165) is 16.9 Å². The van der Waals surface area contributed by atoms with Crippen molar-refractivity contribution >= 4 is 11.6 Å². The lowest BCUT2D eigenvalue weighted by atomic mass is 10.1. The first-order valence-electron chi connectivity index (χ1n) is 7.21. The van der Waals surface area contributed by atoms with Crippen molar-refractivity contribution in [2.75, 3.05) is 7.11 Å². The standard InChI is InChI=1S/C18H17N3O2/c1-12(11-13-7-9-14(23-2)10-8-13)17-19-18(21-20-17)15-5-3-4-6-16(15)22/h3-11,22H,1-2H3,(H,19,20,21)/b12-11+. The zero-order chi connectivity index (χ0) is 16.2. The Hall–Kier alpha value is -3.08. The Bertz CT molecular complexity index is 835. The minimum Gasteiger partial charge on any atom is -0.507 e. The molecule has 2 aromatic carbocycles. The van der Waals surface area contributed by atoms with Gasteiger partial charge in [-0.05, 0) is 48.4 Å². The van der Waals surface area contributed by atoms with Crippen molar-refractivity contribution in [3.8, 4) is 22.9 Å². The number of ether oxygens (including phenoxy) is 1. The lowest BCUT2D eigenvalue weighted by Gasteiger charge is -2.00. The highest BCUT2D eigenvalue weighted by Gasteiger charge is 2.10. The van der Waals surface area contributed by atoms with Gasteiger partial charge in [0.05, 0.1) is 12.7 Å². The molecule has 0 spiro atoms. The molecule has 5 nitrogen and oxygen atoms in total. The molecule has 5 heteroatoms. The van der Waals surface area contributed by atoms with Crippen LogP contribution in [0.2, 0.25) is 0 Å². The van der Waals surface area contributed by atoms with Crippen molar-refractivity contribution in [3.05, 3.63) is 59.9 Å². The molecule has 3 rings (SSSR count). The largest absolute Gasteiger partial charge is 0.507 e. The van der Waals surface area contributed by atoms with Crippen LogP contribution >= 0.6 is 0 Å². The monoisotopic (exact) mass is 307 g/mol. The fourth-order valence-electron chi connectivity index (χ4n) is 2.25. The summed E-state index contributed by atoms with van der Waals surface area (Å²) in [7, 11) is 1.64. The Kier molecular flexibility index (Phi) is 4.10. The second kappa shape index (κ2) is 6.36. The molecule has 0 aliphatic heterocycles. The number of nitrogens with one attached hydrogen (secondary N) is 1. The lowest BCUT2D eigenvalue weighted by molar-refractivity contribution is 0.415. The third-order valence-corrected chi connectivity index (χ3v) is 3.50. The lowest BCUT2D eigenvalue weighted by Crippen LogP contribution is -1.85. The molecular weight excluding hydrogens is 290 g/mol. The van der Waals surface area contributed by atoms with Crippen LogP contribution in [-0.2, 0) is 0 Å². The molecule has 0 saturated carbocycles. The summed E-state index contributed by atoms with van der Waals surface area (Å²) in [5.74, 6) is 2.13. The average Bonchev–Trinajstić information content (AvgIpc) is 3.06. The van der Waals surface area contributed by atoms with Crippen LogP contribution in [0.3, 0.4) is 0 Å². The maximum atomic E-state index is 9.88. The van der Waals surface area contributed by atoms with Crippen LogP contribution in [0.25, 0.3) is 23.0 Å². The van der Waals surface area contributed by atoms with Crippen LogP contribution in [0.4, 0.5) is 0 Å². The number of aromatic amines is 1. The van der Waals surface area contributed by atoms with Crippen molar-refractivity contribution in [3.63, 3.8) is 0 Å². The Morgan fingerprint density at radius 3 is 2.57 bits per heavy atom. The molecule has 0 fully saturated rings. The zero-order valence-electron chi connectivity index (χ0n) is 12.9. The van der Waals surface area contributed by atoms with Gasteiger partial charge in [-0.25, -0.2) is 4.98 Å². The van der Waals surface area contributed by atoms with Gasteiger partial charge in [0.2, 0.25) is 0 Å². The Balaban J connectivity index is 1.87. The minimum absolute atomic E-state index is 0.173. The first-order valence-corrected chi connectivity index (χ1v) is 7.21. The number of aromatic nitrogens is 3. The number of allylic oxidation sites excluding steroid dienone is 1. The van der Waals surface area contributed by atoms with Gasteiger partial charge in [0.15, 0.2) is 11.6 Å². The zero-order valence-corrected chi connectivity index (χ0v) is 12.9. The molecule has 1 heterocycles. The molecule has 23 heavy (non-hydrogen) atoms. The first kappa shape index (κ1) is 14.8. The van der Waals surface area contributed by atoms with Crippen LogP contribution in [0.15, 0.2) is 48.5 Å². The number of methoxy groups -OCH3 is 1. The smallest absolute Gasteiger partial charge is 0.177 e. The first-order chi connectivity index (χ1) is 11.2. The molecule has 116 valence electrons. The van der Waals surface area contributed by atoms with Gasteiger partial charge in [-0.2, -0.15) is 5.10 Å². The SMILES string of the molecule is COc1ccc(/C=C(\C)c2n[nH]c(-c3ccccc3O)n2)cc1. The van der Waals surface area contributed by atoms with E-state index in [4.69, 9.17) is 4.74 Å². The molecule has 0 amide bonds. The number of phenols is 1. The Morgan fingerprint density at radius 2 is 1.87 bits per heavy atom. The molecule has 0 radical (unpaired) electrons. The van der Waals surface area contributed by atoms with Crippen molar-refractivity contribution in [2.24, 2.45) is 0 Å². The maximum absolute atomic E-state index is 9.88. The predicted octanol–water partition coefficient (Wildman–Crippen LogP) is 3.75. The number of rotatable bonds is 4. The number of phenolic OH excluding ortho intramolecular Hbond substituents is 1. The molecule has 2 N–H and O–H groups in total. The van der Waals surface area contributed by atoms with Crippen LogP contribution in [0.5, 0.6) is 11.5 Å². The quantitative estimate of drug-likeness (QED) is 0.770. The number of aromatic hydroxyl groups is 1. The molecule has 1 aromatic heterocycles. The molecule has 0 aliphatic carbocycles. The summed E-state index contributed by atoms with van der Waals surface area (Å²) >= 11 is 0. The summed E-state index contributed by atoms with van der Waals surface area (Å²) in [5, 5.41) is 17.0. The summed E-state index contributed by atoms with van der Waals surface area (Å²) in [4.78, 5) is 4.45. The van der Waals surface area contributed by atoms with E-state index in [1.807, 2.05) is 43.3 Å². The van der Waals surface area contributed by atoms with E-state index < -0.39 is 0 Å². The number of hydrogen-bond acceptors (Lipinski definition) is 4. The number of para-hydroxylation sites is 1. The van der Waals surface area contributed by atoms with Gasteiger partial charge in [-0.1, -0.05) is 24.3 Å². The highest BCUT2D eigenvalue weighted by molar-refractivity contribution is 5.78. The van der Waals surface area contributed by atoms with Gasteiger partial charge in [0.25, 0.3) is 0 Å². The molecule has 0 aliphatic rings. The van der Waals surface area contributed by atoms with Crippen molar-refractivity contribution in [1.82, 2.24) is 15.2 Å². The van der Waals surface area contributed by atoms with E-state index in [2.05, 4.69) is 15.2 Å². The fourth-order valence-corrected chi connectivity index (χ4v) is 2.25. The highest BCUT2D eigenvalue weighted by Crippen LogP contribution is 2.26. The second-order valence-electron chi connectivity index (χ2n) is 5.13. The van der Waals surface area contributed by atoms with Crippen molar-refractivity contribution in [1.29, 1.82) is 0 Å². The van der Waals surface area contributed by atoms with Gasteiger partial charge in [-0.15, -0.1) is 0 Å². The molecule has 0 bridgehead atoms. The molecule has 0 atom stereocenters. The molecule has 0 unspecified atom stereocenters. The highest BCUT2D eigenvalue weighted by atomic mass is 16.5. The number of benzene rings is 2. The van der Waals surface area contributed by atoms with Gasteiger partial charge < -0.3 is 9.84 Å². The van der Waals surface area contributed by atoms with Crippen LogP contribution in [0.1, 0.15) is 18.3 Å². The van der Waals surface area contributed by atoms with E-state index in [0.29, 0.717) is 17.2 Å². The Labute approximate surface area is 134 Å². The predicted molar refractivity (Wildman–Crippen MR) is 90.0 cm³/mol. The Morgan fingerprint density at radius 1 is 1.13 bits per heavy atom. The summed E-state index contributed by atoms with van der Waals surface area (Å²) in [5.41, 5.74) is 2.59. The summed E-state index contributed by atoms with van der Waals surface area (Å²) in [6.45, 7) is 1.95. The van der Waals surface area contributed by atoms with Crippen LogP contribution < -0.4 is 4.74 Å². The normalized spacial score (nSPS) is 11.5. The van der Waals surface area contributed by atoms with Crippen molar-refractivity contribution in [2.45, 2.75) is 6.92 Å². The van der Waals surface area contributed by atoms with Crippen LogP contribution in [-0.4, -0.2) is 27.4 Å². The third kappa shape index (κ3) is 3.23. The second-order valence-corrected chi connectivity index (χ2v) is 5.13. The number of nitrogens with zero attached hydrogens (tertiary/aromatic N) is 2. The van der Waals surface area contributed by atoms with E-state index in [9.17, 15) is 5.11 Å². The minimum atomic E-state index is 0.173. The van der Waals surface area contributed by atoms with Crippen LogP contribution in [0, 0.1) is 0 Å². The summed E-state index contributed by atoms with van der Waals surface area (Å²) in [6.07, 6.45) is 2.00. The molecular formula is C18H17N3O2. The average molecular weight is 307 g/mol. The summed E-state index contributed by atoms with van der Waals surface area (Å²) < 4.78 is 5.15. The number of H-pyrrole nitrogens is 1. The van der Waals surface area contributed by atoms with Gasteiger partial charge >= 0.3 is 0 Å². The number of hydrogen-bond donors (Lipinski definition) is 2. The van der Waals surface area contributed by atoms with E-state index in [-0.39, 0.29) is 5.75 Å². The van der Waals surface area contributed by atoms with Crippen molar-refractivity contribution < 1.29 is 9.84 Å². The molecule has 3 aromatic rings. The van der Waals surface area contributed by atoms with Gasteiger partial charge in [0, 0.05) is 0 Å². The fraction of sp³-hybridized carbons (Fsp3) is 0.111. The molecule has 0 saturated heterocycles. The topological polar surface area (TPSA) is 71.0 Å². The van der Waals surface area contributed by atoms with E-state index in [1.54, 1.807) is 25.3 Å². The van der Waals surface area contributed by atoms with Gasteiger partial charge in [0.1, 0.15) is 11.5 Å². The van der Waals surface area contributed by atoms with Gasteiger partial charge in [-0.3, -0.25) is 5.10 Å². The van der Waals surface area contributed by atoms with E-state index >= 15 is 0 Å². The maximum Gasteiger partial charge on any atom is 0.177 e. The third-order valence-electron chi connectivity index (χ3n) is 3.50. The van der Waals surface area contributed by atoms with E-state index in [1.165, 1.54) is 0 Å². The summed E-state index contributed by atoms with van der Waals surface area (Å²) in [6, 6.07) is 14.8.